The minimum atomic E-state index is -0.837. The van der Waals surface area contributed by atoms with Crippen molar-refractivity contribution in [3.05, 3.63) is 144 Å². The second-order valence-electron chi connectivity index (χ2n) is 9.98. The summed E-state index contributed by atoms with van der Waals surface area (Å²) >= 11 is 0. The van der Waals surface area contributed by atoms with Crippen LogP contribution in [0.5, 0.6) is 11.5 Å². The van der Waals surface area contributed by atoms with Crippen LogP contribution < -0.4 is 14.8 Å². The Kier molecular flexibility index (Phi) is 9.47. The van der Waals surface area contributed by atoms with Gasteiger partial charge in [0.1, 0.15) is 24.1 Å². The summed E-state index contributed by atoms with van der Waals surface area (Å²) in [6.07, 6.45) is 1.06. The lowest BCUT2D eigenvalue weighted by Gasteiger charge is -2.17. The average molecular weight is 560 g/mol. The van der Waals surface area contributed by atoms with Gasteiger partial charge < -0.3 is 19.5 Å². The molecule has 0 bridgehead atoms. The van der Waals surface area contributed by atoms with E-state index in [1.807, 2.05) is 66.7 Å². The summed E-state index contributed by atoms with van der Waals surface area (Å²) in [7, 11) is 1.31. The molecule has 0 fully saturated rings. The molecule has 0 spiro atoms. The van der Waals surface area contributed by atoms with Crippen molar-refractivity contribution < 1.29 is 23.8 Å². The maximum absolute atomic E-state index is 13.0. The van der Waals surface area contributed by atoms with E-state index < -0.39 is 12.0 Å². The van der Waals surface area contributed by atoms with Crippen molar-refractivity contribution in [1.82, 2.24) is 5.32 Å². The molecule has 1 atom stereocenters. The molecular formula is C36H33NO5. The Morgan fingerprint density at radius 2 is 1.31 bits per heavy atom. The summed E-state index contributed by atoms with van der Waals surface area (Å²) in [5.74, 6) is 0.518. The minimum Gasteiger partial charge on any atom is -0.493 e. The van der Waals surface area contributed by atoms with Gasteiger partial charge in [0.25, 0.3) is 5.91 Å². The molecule has 0 heterocycles. The molecular weight excluding hydrogens is 526 g/mol. The molecule has 6 nitrogen and oxygen atoms in total. The molecule has 0 aliphatic rings. The number of esters is 1. The van der Waals surface area contributed by atoms with Crippen molar-refractivity contribution in [3.8, 4) is 11.5 Å². The first kappa shape index (κ1) is 28.4. The largest absolute Gasteiger partial charge is 0.493 e. The Hall–Kier alpha value is -5.10. The van der Waals surface area contributed by atoms with Crippen LogP contribution in [0.4, 0.5) is 0 Å². The summed E-state index contributed by atoms with van der Waals surface area (Å²) in [5, 5.41) is 5.23. The van der Waals surface area contributed by atoms with Crippen LogP contribution in [0, 0.1) is 0 Å². The van der Waals surface area contributed by atoms with Gasteiger partial charge in [-0.2, -0.15) is 0 Å². The van der Waals surface area contributed by atoms with Crippen molar-refractivity contribution in [2.24, 2.45) is 0 Å². The third-order valence-corrected chi connectivity index (χ3v) is 6.99. The van der Waals surface area contributed by atoms with Gasteiger partial charge in [0, 0.05) is 18.4 Å². The number of ether oxygens (including phenoxy) is 3. The Bertz CT molecular complexity index is 1620. The fourth-order valence-electron chi connectivity index (χ4n) is 4.66. The normalized spacial score (nSPS) is 11.5. The van der Waals surface area contributed by atoms with Gasteiger partial charge in [-0.05, 0) is 63.9 Å². The van der Waals surface area contributed by atoms with Gasteiger partial charge >= 0.3 is 5.97 Å². The number of fused-ring (bicyclic) bond motifs is 1. The molecule has 0 aliphatic carbocycles. The first-order chi connectivity index (χ1) is 20.6. The standard InChI is InChI=1S/C36H33NO5/c1-40-36(39)34(24-26-12-17-33(18-13-26)42-25-28-7-3-2-4-8-28)37-35(38)30-15-19-32(20-16-30)41-22-21-27-11-14-29-9-5-6-10-31(29)23-27/h2-20,23,34H,21-22,24-25H2,1H3,(H,37,38). The average Bonchev–Trinajstić information content (AvgIpc) is 3.04. The molecule has 212 valence electrons. The molecule has 0 aliphatic heterocycles. The third-order valence-electron chi connectivity index (χ3n) is 6.99. The van der Waals surface area contributed by atoms with Crippen LogP contribution in [-0.4, -0.2) is 31.6 Å². The van der Waals surface area contributed by atoms with Crippen molar-refractivity contribution in [3.63, 3.8) is 0 Å². The zero-order valence-corrected chi connectivity index (χ0v) is 23.5. The molecule has 5 rings (SSSR count). The van der Waals surface area contributed by atoms with Gasteiger partial charge in [-0.25, -0.2) is 4.79 Å². The third kappa shape index (κ3) is 7.76. The first-order valence-corrected chi connectivity index (χ1v) is 13.9. The molecule has 1 unspecified atom stereocenters. The zero-order chi connectivity index (χ0) is 29.1. The molecule has 5 aromatic rings. The molecule has 1 N–H and O–H groups in total. The summed E-state index contributed by atoms with van der Waals surface area (Å²) in [6, 6.07) is 38.1. The maximum atomic E-state index is 13.0. The molecule has 0 aromatic heterocycles. The van der Waals surface area contributed by atoms with Crippen LogP contribution in [0.3, 0.4) is 0 Å². The van der Waals surface area contributed by atoms with Gasteiger partial charge in [0.15, 0.2) is 0 Å². The fourth-order valence-corrected chi connectivity index (χ4v) is 4.66. The van der Waals surface area contributed by atoms with Crippen LogP contribution in [0.15, 0.2) is 121 Å². The predicted molar refractivity (Wildman–Crippen MR) is 164 cm³/mol. The van der Waals surface area contributed by atoms with Gasteiger partial charge in [-0.3, -0.25) is 4.79 Å². The Morgan fingerprint density at radius 3 is 2.05 bits per heavy atom. The number of carbonyl (C=O) groups is 2. The topological polar surface area (TPSA) is 73.9 Å². The monoisotopic (exact) mass is 559 g/mol. The van der Waals surface area contributed by atoms with E-state index in [1.165, 1.54) is 23.4 Å². The highest BCUT2D eigenvalue weighted by Crippen LogP contribution is 2.18. The highest BCUT2D eigenvalue weighted by molar-refractivity contribution is 5.97. The fraction of sp³-hybridized carbons (Fsp3) is 0.167. The highest BCUT2D eigenvalue weighted by atomic mass is 16.5. The van der Waals surface area contributed by atoms with Crippen molar-refractivity contribution >= 4 is 22.6 Å². The quantitative estimate of drug-likeness (QED) is 0.175. The van der Waals surface area contributed by atoms with E-state index in [4.69, 9.17) is 14.2 Å². The summed E-state index contributed by atoms with van der Waals surface area (Å²) in [5.41, 5.74) is 3.58. The number of hydrogen-bond donors (Lipinski definition) is 1. The molecule has 0 radical (unpaired) electrons. The lowest BCUT2D eigenvalue weighted by molar-refractivity contribution is -0.142. The van der Waals surface area contributed by atoms with Crippen molar-refractivity contribution in [2.75, 3.05) is 13.7 Å². The van der Waals surface area contributed by atoms with Crippen LogP contribution in [0.1, 0.15) is 27.0 Å². The van der Waals surface area contributed by atoms with Gasteiger partial charge in [-0.15, -0.1) is 0 Å². The van der Waals surface area contributed by atoms with Gasteiger partial charge in [-0.1, -0.05) is 84.9 Å². The number of amides is 1. The zero-order valence-electron chi connectivity index (χ0n) is 23.5. The number of nitrogens with one attached hydrogen (secondary N) is 1. The van der Waals surface area contributed by atoms with E-state index in [0.717, 1.165) is 23.3 Å². The molecule has 6 heteroatoms. The molecule has 42 heavy (non-hydrogen) atoms. The number of methoxy groups -OCH3 is 1. The Balaban J connectivity index is 1.12. The van der Waals surface area contributed by atoms with Crippen molar-refractivity contribution in [2.45, 2.75) is 25.5 Å². The second-order valence-corrected chi connectivity index (χ2v) is 9.98. The second kappa shape index (κ2) is 14.0. The van der Waals surface area contributed by atoms with E-state index >= 15 is 0 Å². The molecule has 5 aromatic carbocycles. The number of carbonyl (C=O) groups excluding carboxylic acids is 2. The van der Waals surface area contributed by atoms with E-state index in [0.29, 0.717) is 24.5 Å². The van der Waals surface area contributed by atoms with E-state index in [-0.39, 0.29) is 12.3 Å². The summed E-state index contributed by atoms with van der Waals surface area (Å²) in [6.45, 7) is 0.986. The highest BCUT2D eigenvalue weighted by Gasteiger charge is 2.23. The van der Waals surface area contributed by atoms with Gasteiger partial charge in [0.05, 0.1) is 13.7 Å². The summed E-state index contributed by atoms with van der Waals surface area (Å²) in [4.78, 5) is 25.5. The van der Waals surface area contributed by atoms with E-state index in [1.54, 1.807) is 24.3 Å². The summed E-state index contributed by atoms with van der Waals surface area (Å²) < 4.78 is 16.7. The number of benzene rings is 5. The predicted octanol–water partition coefficient (Wildman–Crippen LogP) is 6.55. The lowest BCUT2D eigenvalue weighted by Crippen LogP contribution is -2.43. The van der Waals surface area contributed by atoms with Crippen molar-refractivity contribution in [1.29, 1.82) is 0 Å². The van der Waals surface area contributed by atoms with Crippen LogP contribution in [-0.2, 0) is 29.0 Å². The number of hydrogen-bond acceptors (Lipinski definition) is 5. The van der Waals surface area contributed by atoms with E-state index in [9.17, 15) is 9.59 Å². The Labute approximate surface area is 245 Å². The molecule has 0 saturated heterocycles. The van der Waals surface area contributed by atoms with Crippen LogP contribution in [0.25, 0.3) is 10.8 Å². The van der Waals surface area contributed by atoms with E-state index in [2.05, 4.69) is 35.6 Å². The van der Waals surface area contributed by atoms with Gasteiger partial charge in [0.2, 0.25) is 0 Å². The first-order valence-electron chi connectivity index (χ1n) is 13.9. The minimum absolute atomic E-state index is 0.285. The van der Waals surface area contributed by atoms with Crippen LogP contribution in [0.2, 0.25) is 0 Å². The molecule has 0 saturated carbocycles. The number of rotatable bonds is 12. The Morgan fingerprint density at radius 1 is 0.667 bits per heavy atom. The van der Waals surface area contributed by atoms with Crippen LogP contribution >= 0.6 is 0 Å². The molecule has 1 amide bonds. The lowest BCUT2D eigenvalue weighted by atomic mass is 10.0. The SMILES string of the molecule is COC(=O)C(Cc1ccc(OCc2ccccc2)cc1)NC(=O)c1ccc(OCCc2ccc3ccccc3c2)cc1. The smallest absolute Gasteiger partial charge is 0.328 e. The maximum Gasteiger partial charge on any atom is 0.328 e.